The Labute approximate surface area is 138 Å². The molecule has 0 aromatic heterocycles. The van der Waals surface area contributed by atoms with Gasteiger partial charge in [-0.25, -0.2) is 0 Å². The van der Waals surface area contributed by atoms with Crippen molar-refractivity contribution in [3.05, 3.63) is 70.8 Å². The van der Waals surface area contributed by atoms with Gasteiger partial charge in [0.25, 0.3) is 5.91 Å². The van der Waals surface area contributed by atoms with Crippen molar-refractivity contribution in [1.29, 1.82) is 0 Å². The van der Waals surface area contributed by atoms with Gasteiger partial charge in [-0.05, 0) is 41.2 Å². The fourth-order valence-electron chi connectivity index (χ4n) is 2.68. The molecule has 0 spiro atoms. The van der Waals surface area contributed by atoms with E-state index in [0.717, 1.165) is 11.1 Å². The standard InChI is InChI=1S/C20H26N2O/c1-14-7-5-6-8-17(14)18(20(2,3)4)22-19(23)16-11-9-15(13-21)10-12-16/h5-12,18H,13,21H2,1-4H3,(H,22,23). The summed E-state index contributed by atoms with van der Waals surface area (Å²) in [5, 5.41) is 3.20. The van der Waals surface area contributed by atoms with E-state index in [9.17, 15) is 4.79 Å². The zero-order valence-corrected chi connectivity index (χ0v) is 14.4. The monoisotopic (exact) mass is 310 g/mol. The van der Waals surface area contributed by atoms with Crippen molar-refractivity contribution in [2.75, 3.05) is 0 Å². The number of nitrogens with two attached hydrogens (primary N) is 1. The summed E-state index contributed by atoms with van der Waals surface area (Å²) in [6.07, 6.45) is 0. The maximum atomic E-state index is 12.6. The highest BCUT2D eigenvalue weighted by Gasteiger charge is 2.29. The van der Waals surface area contributed by atoms with E-state index in [1.54, 1.807) is 0 Å². The van der Waals surface area contributed by atoms with Gasteiger partial charge in [-0.1, -0.05) is 57.2 Å². The normalized spacial score (nSPS) is 12.7. The minimum absolute atomic E-state index is 0.0506. The molecular formula is C20H26N2O. The van der Waals surface area contributed by atoms with Crippen LogP contribution in [-0.2, 0) is 6.54 Å². The van der Waals surface area contributed by atoms with Gasteiger partial charge in [0, 0.05) is 12.1 Å². The van der Waals surface area contributed by atoms with Crippen molar-refractivity contribution in [1.82, 2.24) is 5.32 Å². The van der Waals surface area contributed by atoms with Crippen LogP contribution in [0.15, 0.2) is 48.5 Å². The van der Waals surface area contributed by atoms with Crippen LogP contribution >= 0.6 is 0 Å². The molecule has 3 heteroatoms. The molecule has 0 heterocycles. The molecule has 1 atom stereocenters. The zero-order valence-electron chi connectivity index (χ0n) is 14.4. The number of hydrogen-bond donors (Lipinski definition) is 2. The van der Waals surface area contributed by atoms with E-state index in [0.29, 0.717) is 12.1 Å². The Morgan fingerprint density at radius 1 is 1.09 bits per heavy atom. The van der Waals surface area contributed by atoms with Crippen LogP contribution in [0, 0.1) is 12.3 Å². The molecule has 0 aliphatic rings. The van der Waals surface area contributed by atoms with Crippen LogP contribution in [0.1, 0.15) is 53.9 Å². The molecule has 23 heavy (non-hydrogen) atoms. The second-order valence-corrected chi connectivity index (χ2v) is 7.03. The summed E-state index contributed by atoms with van der Waals surface area (Å²) in [5.41, 5.74) is 9.55. The molecule has 1 amide bonds. The Morgan fingerprint density at radius 3 is 2.22 bits per heavy atom. The van der Waals surface area contributed by atoms with E-state index in [4.69, 9.17) is 5.73 Å². The Hall–Kier alpha value is -2.13. The molecule has 3 nitrogen and oxygen atoms in total. The minimum Gasteiger partial charge on any atom is -0.345 e. The molecule has 2 aromatic carbocycles. The van der Waals surface area contributed by atoms with Gasteiger partial charge in [0.1, 0.15) is 0 Å². The molecule has 0 saturated heterocycles. The summed E-state index contributed by atoms with van der Waals surface area (Å²) in [4.78, 5) is 12.6. The van der Waals surface area contributed by atoms with Crippen molar-refractivity contribution in [2.24, 2.45) is 11.1 Å². The molecular weight excluding hydrogens is 284 g/mol. The first-order valence-electron chi connectivity index (χ1n) is 7.98. The summed E-state index contributed by atoms with van der Waals surface area (Å²) in [6, 6.07) is 15.6. The molecule has 2 rings (SSSR count). The third kappa shape index (κ3) is 4.20. The van der Waals surface area contributed by atoms with E-state index in [1.807, 2.05) is 36.4 Å². The van der Waals surface area contributed by atoms with Crippen LogP contribution in [0.4, 0.5) is 0 Å². The van der Waals surface area contributed by atoms with Gasteiger partial charge in [-0.15, -0.1) is 0 Å². The maximum absolute atomic E-state index is 12.6. The van der Waals surface area contributed by atoms with E-state index in [-0.39, 0.29) is 17.4 Å². The smallest absolute Gasteiger partial charge is 0.251 e. The number of nitrogens with one attached hydrogen (secondary N) is 1. The third-order valence-electron chi connectivity index (χ3n) is 4.09. The van der Waals surface area contributed by atoms with Crippen LogP contribution < -0.4 is 11.1 Å². The molecule has 0 saturated carbocycles. The number of hydrogen-bond acceptors (Lipinski definition) is 2. The predicted octanol–water partition coefficient (Wildman–Crippen LogP) is 3.97. The van der Waals surface area contributed by atoms with Crippen molar-refractivity contribution in [3.63, 3.8) is 0 Å². The maximum Gasteiger partial charge on any atom is 0.251 e. The Morgan fingerprint density at radius 2 is 1.70 bits per heavy atom. The minimum atomic E-state index is -0.0844. The van der Waals surface area contributed by atoms with Gasteiger partial charge in [-0.3, -0.25) is 4.79 Å². The van der Waals surface area contributed by atoms with Gasteiger partial charge < -0.3 is 11.1 Å². The lowest BCUT2D eigenvalue weighted by Gasteiger charge is -2.33. The number of aryl methyl sites for hydroxylation is 1. The number of carbonyl (C=O) groups excluding carboxylic acids is 1. The molecule has 2 aromatic rings. The van der Waals surface area contributed by atoms with Crippen molar-refractivity contribution in [3.8, 4) is 0 Å². The summed E-state index contributed by atoms with van der Waals surface area (Å²) in [7, 11) is 0. The second-order valence-electron chi connectivity index (χ2n) is 7.03. The van der Waals surface area contributed by atoms with Crippen molar-refractivity contribution >= 4 is 5.91 Å². The van der Waals surface area contributed by atoms with Crippen LogP contribution in [-0.4, -0.2) is 5.91 Å². The molecule has 0 radical (unpaired) electrons. The second kappa shape index (κ2) is 6.97. The summed E-state index contributed by atoms with van der Waals surface area (Å²) in [5.74, 6) is -0.0586. The molecule has 0 aliphatic heterocycles. The molecule has 0 aliphatic carbocycles. The number of amides is 1. The van der Waals surface area contributed by atoms with Crippen LogP contribution in [0.2, 0.25) is 0 Å². The largest absolute Gasteiger partial charge is 0.345 e. The van der Waals surface area contributed by atoms with Crippen LogP contribution in [0.5, 0.6) is 0 Å². The SMILES string of the molecule is Cc1ccccc1C(NC(=O)c1ccc(CN)cc1)C(C)(C)C. The third-order valence-corrected chi connectivity index (χ3v) is 4.09. The summed E-state index contributed by atoms with van der Waals surface area (Å²) in [6.45, 7) is 8.98. The van der Waals surface area contributed by atoms with Gasteiger partial charge in [-0.2, -0.15) is 0 Å². The average molecular weight is 310 g/mol. The van der Waals surface area contributed by atoms with Crippen molar-refractivity contribution in [2.45, 2.75) is 40.3 Å². The fourth-order valence-corrected chi connectivity index (χ4v) is 2.68. The first-order valence-corrected chi connectivity index (χ1v) is 7.98. The van der Waals surface area contributed by atoms with Gasteiger partial charge in [0.2, 0.25) is 0 Å². The van der Waals surface area contributed by atoms with E-state index in [1.165, 1.54) is 5.56 Å². The van der Waals surface area contributed by atoms with Gasteiger partial charge >= 0.3 is 0 Å². The topological polar surface area (TPSA) is 55.1 Å². The van der Waals surface area contributed by atoms with E-state index >= 15 is 0 Å². The lowest BCUT2D eigenvalue weighted by Crippen LogP contribution is -2.37. The van der Waals surface area contributed by atoms with Crippen LogP contribution in [0.3, 0.4) is 0 Å². The lowest BCUT2D eigenvalue weighted by molar-refractivity contribution is 0.0901. The predicted molar refractivity (Wildman–Crippen MR) is 95.2 cm³/mol. The summed E-state index contributed by atoms with van der Waals surface area (Å²) < 4.78 is 0. The zero-order chi connectivity index (χ0) is 17.0. The highest BCUT2D eigenvalue weighted by Crippen LogP contribution is 2.34. The highest BCUT2D eigenvalue weighted by atomic mass is 16.1. The Balaban J connectivity index is 2.27. The Bertz CT molecular complexity index is 669. The number of benzene rings is 2. The van der Waals surface area contributed by atoms with Crippen molar-refractivity contribution < 1.29 is 4.79 Å². The first kappa shape index (κ1) is 17.2. The molecule has 3 N–H and O–H groups in total. The molecule has 122 valence electrons. The summed E-state index contributed by atoms with van der Waals surface area (Å²) >= 11 is 0. The average Bonchev–Trinajstić information content (AvgIpc) is 2.52. The first-order chi connectivity index (χ1) is 10.8. The number of carbonyl (C=O) groups is 1. The van der Waals surface area contributed by atoms with E-state index in [2.05, 4.69) is 45.1 Å². The number of rotatable bonds is 4. The van der Waals surface area contributed by atoms with Gasteiger partial charge in [0.15, 0.2) is 0 Å². The quantitative estimate of drug-likeness (QED) is 0.897. The molecule has 0 fully saturated rings. The van der Waals surface area contributed by atoms with E-state index < -0.39 is 0 Å². The Kier molecular flexibility index (Phi) is 5.22. The fraction of sp³-hybridized carbons (Fsp3) is 0.350. The van der Waals surface area contributed by atoms with Gasteiger partial charge in [0.05, 0.1) is 6.04 Å². The highest BCUT2D eigenvalue weighted by molar-refractivity contribution is 5.94. The molecule has 1 unspecified atom stereocenters. The lowest BCUT2D eigenvalue weighted by atomic mass is 9.80. The van der Waals surface area contributed by atoms with Crippen LogP contribution in [0.25, 0.3) is 0 Å². The molecule has 0 bridgehead atoms.